The van der Waals surface area contributed by atoms with Crippen LogP contribution in [0.25, 0.3) is 11.0 Å². The Labute approximate surface area is 100 Å². The molecule has 0 radical (unpaired) electrons. The van der Waals surface area contributed by atoms with E-state index in [-0.39, 0.29) is 6.10 Å². The second-order valence-electron chi connectivity index (χ2n) is 4.21. The van der Waals surface area contributed by atoms with Gasteiger partial charge in [-0.1, -0.05) is 0 Å². The van der Waals surface area contributed by atoms with Crippen molar-refractivity contribution in [2.75, 3.05) is 24.2 Å². The fourth-order valence-corrected chi connectivity index (χ4v) is 1.58. The highest BCUT2D eigenvalue weighted by atomic mass is 16.5. The molecule has 0 bridgehead atoms. The van der Waals surface area contributed by atoms with E-state index in [0.29, 0.717) is 6.61 Å². The predicted octanol–water partition coefficient (Wildman–Crippen LogP) is 1.98. The molecule has 2 aromatic rings. The van der Waals surface area contributed by atoms with Gasteiger partial charge in [-0.3, -0.25) is 0 Å². The highest BCUT2D eigenvalue weighted by molar-refractivity contribution is 5.80. The zero-order valence-corrected chi connectivity index (χ0v) is 10.2. The number of fused-ring (bicyclic) bond motifs is 1. The summed E-state index contributed by atoms with van der Waals surface area (Å²) in [7, 11) is 0. The molecular formula is C12H18N4O. The number of imidazole rings is 1. The Bertz CT molecular complexity index is 492. The van der Waals surface area contributed by atoms with Crippen molar-refractivity contribution in [3.63, 3.8) is 0 Å². The van der Waals surface area contributed by atoms with Crippen LogP contribution >= 0.6 is 0 Å². The summed E-state index contributed by atoms with van der Waals surface area (Å²) in [6.07, 6.45) is 0.257. The van der Waals surface area contributed by atoms with Crippen molar-refractivity contribution in [1.29, 1.82) is 0 Å². The summed E-state index contributed by atoms with van der Waals surface area (Å²) in [6.45, 7) is 5.43. The summed E-state index contributed by atoms with van der Waals surface area (Å²) in [5.41, 5.74) is 8.28. The SMILES string of the molecule is CC(C)OCCNc1nc2ccc(N)cc2[nH]1. The molecule has 92 valence electrons. The number of hydrogen-bond acceptors (Lipinski definition) is 4. The summed E-state index contributed by atoms with van der Waals surface area (Å²) < 4.78 is 5.43. The average molecular weight is 234 g/mol. The molecule has 0 unspecified atom stereocenters. The number of nitrogens with zero attached hydrogens (tertiary/aromatic N) is 1. The predicted molar refractivity (Wildman–Crippen MR) is 70.1 cm³/mol. The van der Waals surface area contributed by atoms with Gasteiger partial charge in [0.05, 0.1) is 23.7 Å². The van der Waals surface area contributed by atoms with Gasteiger partial charge in [0.1, 0.15) is 0 Å². The number of rotatable bonds is 5. The van der Waals surface area contributed by atoms with Gasteiger partial charge >= 0.3 is 0 Å². The number of nitrogen functional groups attached to an aromatic ring is 1. The van der Waals surface area contributed by atoms with Crippen molar-refractivity contribution in [2.24, 2.45) is 0 Å². The largest absolute Gasteiger partial charge is 0.399 e. The van der Waals surface area contributed by atoms with Gasteiger partial charge in [0.2, 0.25) is 5.95 Å². The topological polar surface area (TPSA) is 76.0 Å². The zero-order chi connectivity index (χ0) is 12.3. The first-order valence-corrected chi connectivity index (χ1v) is 5.76. The van der Waals surface area contributed by atoms with Crippen LogP contribution in [0.3, 0.4) is 0 Å². The van der Waals surface area contributed by atoms with E-state index in [9.17, 15) is 0 Å². The van der Waals surface area contributed by atoms with Crippen LogP contribution in [0.4, 0.5) is 11.6 Å². The smallest absolute Gasteiger partial charge is 0.201 e. The first-order chi connectivity index (χ1) is 8.15. The number of benzene rings is 1. The van der Waals surface area contributed by atoms with Crippen molar-refractivity contribution in [1.82, 2.24) is 9.97 Å². The third kappa shape index (κ3) is 3.10. The Morgan fingerprint density at radius 2 is 2.29 bits per heavy atom. The first kappa shape index (κ1) is 11.7. The Hall–Kier alpha value is -1.75. The normalized spacial score (nSPS) is 11.2. The van der Waals surface area contributed by atoms with Gasteiger partial charge in [-0.2, -0.15) is 0 Å². The van der Waals surface area contributed by atoms with E-state index in [2.05, 4.69) is 15.3 Å². The van der Waals surface area contributed by atoms with E-state index in [1.165, 1.54) is 0 Å². The molecule has 0 aliphatic rings. The third-order valence-electron chi connectivity index (χ3n) is 2.35. The minimum Gasteiger partial charge on any atom is -0.399 e. The van der Waals surface area contributed by atoms with Crippen molar-refractivity contribution >= 4 is 22.7 Å². The third-order valence-corrected chi connectivity index (χ3v) is 2.35. The Morgan fingerprint density at radius 1 is 1.47 bits per heavy atom. The van der Waals surface area contributed by atoms with Crippen LogP contribution in [0.2, 0.25) is 0 Å². The van der Waals surface area contributed by atoms with E-state index in [4.69, 9.17) is 10.5 Å². The highest BCUT2D eigenvalue weighted by Gasteiger charge is 2.02. The summed E-state index contributed by atoms with van der Waals surface area (Å²) in [4.78, 5) is 7.56. The Balaban J connectivity index is 1.95. The molecule has 0 aliphatic heterocycles. The van der Waals surface area contributed by atoms with Crippen molar-refractivity contribution in [3.05, 3.63) is 18.2 Å². The molecule has 1 heterocycles. The molecule has 0 saturated heterocycles. The maximum Gasteiger partial charge on any atom is 0.201 e. The Kier molecular flexibility index (Phi) is 3.49. The molecular weight excluding hydrogens is 216 g/mol. The molecule has 0 amide bonds. The number of nitrogens with two attached hydrogens (primary N) is 1. The second-order valence-corrected chi connectivity index (χ2v) is 4.21. The fraction of sp³-hybridized carbons (Fsp3) is 0.417. The zero-order valence-electron chi connectivity index (χ0n) is 10.2. The summed E-state index contributed by atoms with van der Waals surface area (Å²) in [5, 5.41) is 3.18. The molecule has 2 rings (SSSR count). The quantitative estimate of drug-likeness (QED) is 0.546. The van der Waals surface area contributed by atoms with Crippen LogP contribution in [0, 0.1) is 0 Å². The molecule has 0 spiro atoms. The average Bonchev–Trinajstić information content (AvgIpc) is 2.66. The molecule has 1 aromatic carbocycles. The lowest BCUT2D eigenvalue weighted by atomic mass is 10.3. The van der Waals surface area contributed by atoms with E-state index in [1.807, 2.05) is 32.0 Å². The van der Waals surface area contributed by atoms with Crippen molar-refractivity contribution in [3.8, 4) is 0 Å². The van der Waals surface area contributed by atoms with Crippen LogP contribution in [0.1, 0.15) is 13.8 Å². The standard InChI is InChI=1S/C12H18N4O/c1-8(2)17-6-5-14-12-15-10-4-3-9(13)7-11(10)16-12/h3-4,7-8H,5-6,13H2,1-2H3,(H2,14,15,16). The molecule has 0 aliphatic carbocycles. The lowest BCUT2D eigenvalue weighted by Gasteiger charge is -2.07. The number of hydrogen-bond donors (Lipinski definition) is 3. The summed E-state index contributed by atoms with van der Waals surface area (Å²) >= 11 is 0. The monoisotopic (exact) mass is 234 g/mol. The maximum absolute atomic E-state index is 5.70. The van der Waals surface area contributed by atoms with E-state index in [1.54, 1.807) is 0 Å². The molecule has 0 saturated carbocycles. The van der Waals surface area contributed by atoms with Crippen LogP contribution in [-0.4, -0.2) is 29.2 Å². The summed E-state index contributed by atoms with van der Waals surface area (Å²) in [5.74, 6) is 0.748. The van der Waals surface area contributed by atoms with Gasteiger partial charge < -0.3 is 20.8 Å². The molecule has 0 atom stereocenters. The number of anilines is 2. The van der Waals surface area contributed by atoms with E-state index in [0.717, 1.165) is 29.2 Å². The lowest BCUT2D eigenvalue weighted by molar-refractivity contribution is 0.0870. The highest BCUT2D eigenvalue weighted by Crippen LogP contribution is 2.16. The fourth-order valence-electron chi connectivity index (χ4n) is 1.58. The molecule has 5 heteroatoms. The second kappa shape index (κ2) is 5.05. The number of nitrogens with one attached hydrogen (secondary N) is 2. The van der Waals surface area contributed by atoms with E-state index < -0.39 is 0 Å². The number of aromatic amines is 1. The van der Waals surface area contributed by atoms with Crippen molar-refractivity contribution in [2.45, 2.75) is 20.0 Å². The molecule has 4 N–H and O–H groups in total. The van der Waals surface area contributed by atoms with Crippen LogP contribution in [-0.2, 0) is 4.74 Å². The molecule has 17 heavy (non-hydrogen) atoms. The summed E-state index contributed by atoms with van der Waals surface area (Å²) in [6, 6.07) is 5.62. The number of aromatic nitrogens is 2. The minimum atomic E-state index is 0.257. The number of ether oxygens (including phenoxy) is 1. The molecule has 0 fully saturated rings. The van der Waals surface area contributed by atoms with Gasteiger partial charge in [0.15, 0.2) is 0 Å². The van der Waals surface area contributed by atoms with Crippen LogP contribution in [0.5, 0.6) is 0 Å². The maximum atomic E-state index is 5.70. The van der Waals surface area contributed by atoms with Gasteiger partial charge in [0, 0.05) is 12.2 Å². The number of H-pyrrole nitrogens is 1. The van der Waals surface area contributed by atoms with Gasteiger partial charge in [-0.15, -0.1) is 0 Å². The van der Waals surface area contributed by atoms with Gasteiger partial charge in [-0.25, -0.2) is 4.98 Å². The minimum absolute atomic E-state index is 0.257. The van der Waals surface area contributed by atoms with Crippen molar-refractivity contribution < 1.29 is 4.74 Å². The van der Waals surface area contributed by atoms with Gasteiger partial charge in [0.25, 0.3) is 0 Å². The first-order valence-electron chi connectivity index (χ1n) is 5.76. The lowest BCUT2D eigenvalue weighted by Crippen LogP contribution is -2.13. The Morgan fingerprint density at radius 3 is 3.06 bits per heavy atom. The van der Waals surface area contributed by atoms with Crippen LogP contribution in [0.15, 0.2) is 18.2 Å². The van der Waals surface area contributed by atoms with Crippen LogP contribution < -0.4 is 11.1 Å². The molecule has 1 aromatic heterocycles. The van der Waals surface area contributed by atoms with Gasteiger partial charge in [-0.05, 0) is 32.0 Å². The molecule has 5 nitrogen and oxygen atoms in total. The van der Waals surface area contributed by atoms with E-state index >= 15 is 0 Å².